The van der Waals surface area contributed by atoms with Gasteiger partial charge in [-0.15, -0.1) is 0 Å². The normalized spacial score (nSPS) is 11.5. The molecule has 1 atom stereocenters. The largest absolute Gasteiger partial charge is 0.505 e. The molecule has 0 heterocycles. The van der Waals surface area contributed by atoms with Gasteiger partial charge in [0.25, 0.3) is 0 Å². The Morgan fingerprint density at radius 1 is 1.22 bits per heavy atom. The molecule has 0 saturated carbocycles. The molecule has 126 valence electrons. The number of amides is 1. The molecular formula is C15H19NO7. The number of aromatic hydroxyl groups is 1. The third-order valence-electron chi connectivity index (χ3n) is 3.10. The van der Waals surface area contributed by atoms with Crippen molar-refractivity contribution in [1.82, 2.24) is 0 Å². The Hall–Kier alpha value is -2.77. The highest BCUT2D eigenvalue weighted by Gasteiger charge is 2.23. The van der Waals surface area contributed by atoms with Gasteiger partial charge in [0.05, 0.1) is 5.69 Å². The number of ether oxygens (including phenoxy) is 1. The smallest absolute Gasteiger partial charge is 0.412 e. The maximum atomic E-state index is 11.7. The summed E-state index contributed by atoms with van der Waals surface area (Å²) in [7, 11) is 0. The number of carbonyl (C=O) groups excluding carboxylic acids is 1. The minimum atomic E-state index is -1.36. The number of benzene rings is 1. The van der Waals surface area contributed by atoms with Crippen LogP contribution in [0.3, 0.4) is 0 Å². The standard InChI is InChI=1S/C15H19NO7/c1-2-3-4-8-11(14(20)21)23-15(22)16-10-7-5-6-9(12(10)17)13(18)19/h5-7,11,17H,2-4,8H2,1H3,(H,16,22)(H,18,19)(H,20,21). The van der Waals surface area contributed by atoms with E-state index in [4.69, 9.17) is 14.9 Å². The van der Waals surface area contributed by atoms with E-state index >= 15 is 0 Å². The minimum Gasteiger partial charge on any atom is -0.505 e. The molecule has 8 nitrogen and oxygen atoms in total. The SMILES string of the molecule is CCCCCC(OC(=O)Nc1cccc(C(=O)O)c1O)C(=O)O. The van der Waals surface area contributed by atoms with Gasteiger partial charge >= 0.3 is 18.0 Å². The molecule has 1 amide bonds. The summed E-state index contributed by atoms with van der Waals surface area (Å²) >= 11 is 0. The molecule has 4 N–H and O–H groups in total. The fourth-order valence-electron chi connectivity index (χ4n) is 1.90. The number of hydrogen-bond acceptors (Lipinski definition) is 5. The van der Waals surface area contributed by atoms with Gasteiger partial charge in [-0.1, -0.05) is 25.8 Å². The van der Waals surface area contributed by atoms with Crippen LogP contribution in [0.4, 0.5) is 10.5 Å². The number of hydrogen-bond donors (Lipinski definition) is 4. The highest BCUT2D eigenvalue weighted by atomic mass is 16.6. The summed E-state index contributed by atoms with van der Waals surface area (Å²) in [6.07, 6.45) is 0.112. The van der Waals surface area contributed by atoms with E-state index in [0.717, 1.165) is 12.8 Å². The number of nitrogens with one attached hydrogen (secondary N) is 1. The second kappa shape index (κ2) is 8.62. The number of rotatable bonds is 8. The highest BCUT2D eigenvalue weighted by molar-refractivity contribution is 5.96. The number of phenols is 1. The van der Waals surface area contributed by atoms with Gasteiger partial charge in [0, 0.05) is 0 Å². The first-order valence-electron chi connectivity index (χ1n) is 7.12. The zero-order chi connectivity index (χ0) is 17.4. The molecule has 23 heavy (non-hydrogen) atoms. The number of aromatic carboxylic acids is 1. The van der Waals surface area contributed by atoms with Crippen molar-refractivity contribution in [3.63, 3.8) is 0 Å². The molecule has 0 aliphatic rings. The Morgan fingerprint density at radius 2 is 1.91 bits per heavy atom. The van der Waals surface area contributed by atoms with E-state index in [1.54, 1.807) is 0 Å². The number of carboxylic acid groups (broad SMARTS) is 2. The Morgan fingerprint density at radius 3 is 2.48 bits per heavy atom. The number of carboxylic acids is 2. The van der Waals surface area contributed by atoms with Crippen molar-refractivity contribution in [2.24, 2.45) is 0 Å². The second-order valence-electron chi connectivity index (χ2n) is 4.86. The zero-order valence-electron chi connectivity index (χ0n) is 12.6. The fourth-order valence-corrected chi connectivity index (χ4v) is 1.90. The Labute approximate surface area is 132 Å². The summed E-state index contributed by atoms with van der Waals surface area (Å²) in [5.41, 5.74) is -0.562. The van der Waals surface area contributed by atoms with Gasteiger partial charge in [-0.25, -0.2) is 14.4 Å². The fraction of sp³-hybridized carbons (Fsp3) is 0.400. The van der Waals surface area contributed by atoms with Crippen LogP contribution < -0.4 is 5.32 Å². The first-order valence-corrected chi connectivity index (χ1v) is 7.12. The number of unbranched alkanes of at least 4 members (excludes halogenated alkanes) is 2. The molecular weight excluding hydrogens is 306 g/mol. The summed E-state index contributed by atoms with van der Waals surface area (Å²) in [6, 6.07) is 3.77. The summed E-state index contributed by atoms with van der Waals surface area (Å²) in [5, 5.41) is 29.8. The Balaban J connectivity index is 2.73. The summed E-state index contributed by atoms with van der Waals surface area (Å²) in [4.78, 5) is 33.7. The van der Waals surface area contributed by atoms with E-state index in [2.05, 4.69) is 5.32 Å². The summed E-state index contributed by atoms with van der Waals surface area (Å²) in [5.74, 6) is -3.25. The van der Waals surface area contributed by atoms with Gasteiger partial charge in [0.1, 0.15) is 5.56 Å². The lowest BCUT2D eigenvalue weighted by atomic mass is 10.1. The van der Waals surface area contributed by atoms with Gasteiger partial charge in [-0.2, -0.15) is 0 Å². The van der Waals surface area contributed by atoms with Crippen molar-refractivity contribution in [3.8, 4) is 5.75 Å². The molecule has 0 spiro atoms. The highest BCUT2D eigenvalue weighted by Crippen LogP contribution is 2.27. The third-order valence-corrected chi connectivity index (χ3v) is 3.10. The molecule has 0 aromatic heterocycles. The van der Waals surface area contributed by atoms with E-state index < -0.39 is 29.9 Å². The number of aliphatic carboxylic acids is 1. The molecule has 0 radical (unpaired) electrons. The van der Waals surface area contributed by atoms with E-state index in [0.29, 0.717) is 6.42 Å². The van der Waals surface area contributed by atoms with Crippen LogP contribution in [0.5, 0.6) is 5.75 Å². The van der Waals surface area contributed by atoms with Crippen LogP contribution in [-0.4, -0.2) is 39.5 Å². The van der Waals surface area contributed by atoms with Crippen LogP contribution >= 0.6 is 0 Å². The van der Waals surface area contributed by atoms with Crippen LogP contribution in [0.1, 0.15) is 43.0 Å². The third kappa shape index (κ3) is 5.50. The predicted molar refractivity (Wildman–Crippen MR) is 80.7 cm³/mol. The van der Waals surface area contributed by atoms with Crippen LogP contribution in [0.25, 0.3) is 0 Å². The molecule has 0 fully saturated rings. The number of anilines is 1. The van der Waals surface area contributed by atoms with Gasteiger partial charge in [-0.05, 0) is 25.0 Å². The van der Waals surface area contributed by atoms with E-state index in [9.17, 15) is 19.5 Å². The van der Waals surface area contributed by atoms with Crippen molar-refractivity contribution in [2.45, 2.75) is 38.7 Å². The van der Waals surface area contributed by atoms with Gasteiger partial charge in [-0.3, -0.25) is 5.32 Å². The minimum absolute atomic E-state index is 0.174. The molecule has 0 saturated heterocycles. The molecule has 1 rings (SSSR count). The number of carbonyl (C=O) groups is 3. The number of para-hydroxylation sites is 1. The van der Waals surface area contributed by atoms with Crippen LogP contribution in [0.15, 0.2) is 18.2 Å². The summed E-state index contributed by atoms with van der Waals surface area (Å²) in [6.45, 7) is 1.96. The van der Waals surface area contributed by atoms with Crippen LogP contribution in [0, 0.1) is 0 Å². The lowest BCUT2D eigenvalue weighted by molar-refractivity contribution is -0.146. The van der Waals surface area contributed by atoms with E-state index in [-0.39, 0.29) is 17.7 Å². The lowest BCUT2D eigenvalue weighted by Gasteiger charge is -2.15. The average molecular weight is 325 g/mol. The van der Waals surface area contributed by atoms with Crippen molar-refractivity contribution in [2.75, 3.05) is 5.32 Å². The average Bonchev–Trinajstić information content (AvgIpc) is 2.48. The Bertz CT molecular complexity index is 585. The van der Waals surface area contributed by atoms with Crippen molar-refractivity contribution in [1.29, 1.82) is 0 Å². The van der Waals surface area contributed by atoms with Crippen molar-refractivity contribution >= 4 is 23.7 Å². The molecule has 1 unspecified atom stereocenters. The van der Waals surface area contributed by atoms with Gasteiger partial charge in [0.2, 0.25) is 6.10 Å². The topological polar surface area (TPSA) is 133 Å². The van der Waals surface area contributed by atoms with E-state index in [1.165, 1.54) is 18.2 Å². The van der Waals surface area contributed by atoms with Crippen molar-refractivity contribution in [3.05, 3.63) is 23.8 Å². The predicted octanol–water partition coefficient (Wildman–Crippen LogP) is 2.67. The monoisotopic (exact) mass is 325 g/mol. The quantitative estimate of drug-likeness (QED) is 0.426. The maximum Gasteiger partial charge on any atom is 0.412 e. The molecule has 1 aromatic rings. The Kier molecular flexibility index (Phi) is 6.85. The van der Waals surface area contributed by atoms with Gasteiger partial charge in [0.15, 0.2) is 5.75 Å². The second-order valence-corrected chi connectivity index (χ2v) is 4.86. The molecule has 8 heteroatoms. The molecule has 1 aromatic carbocycles. The molecule has 0 aliphatic carbocycles. The molecule has 0 aliphatic heterocycles. The van der Waals surface area contributed by atoms with E-state index in [1.807, 2.05) is 6.92 Å². The zero-order valence-corrected chi connectivity index (χ0v) is 12.6. The lowest BCUT2D eigenvalue weighted by Crippen LogP contribution is -2.29. The van der Waals surface area contributed by atoms with Crippen molar-refractivity contribution < 1.29 is 34.4 Å². The molecule has 0 bridgehead atoms. The summed E-state index contributed by atoms with van der Waals surface area (Å²) < 4.78 is 4.81. The maximum absolute atomic E-state index is 11.7. The first kappa shape index (κ1) is 18.3. The van der Waals surface area contributed by atoms with Crippen LogP contribution in [0.2, 0.25) is 0 Å². The van der Waals surface area contributed by atoms with Gasteiger partial charge < -0.3 is 20.1 Å². The van der Waals surface area contributed by atoms with Crippen LogP contribution in [-0.2, 0) is 9.53 Å². The first-order chi connectivity index (χ1) is 10.9.